The Morgan fingerprint density at radius 1 is 1.32 bits per heavy atom. The number of carbonyl (C=O) groups excluding carboxylic acids is 1. The third kappa shape index (κ3) is 5.27. The van der Waals surface area contributed by atoms with Crippen LogP contribution < -0.4 is 21.1 Å². The van der Waals surface area contributed by atoms with Gasteiger partial charge in [-0.25, -0.2) is 9.98 Å². The molecule has 1 aromatic heterocycles. The van der Waals surface area contributed by atoms with E-state index in [4.69, 9.17) is 21.6 Å². The van der Waals surface area contributed by atoms with Crippen molar-refractivity contribution in [3.8, 4) is 5.75 Å². The Balaban J connectivity index is 0.000000628. The molecule has 4 rings (SSSR count). The van der Waals surface area contributed by atoms with Gasteiger partial charge in [0.2, 0.25) is 0 Å². The minimum atomic E-state index is -0.145. The second-order valence-corrected chi connectivity index (χ2v) is 7.55. The van der Waals surface area contributed by atoms with E-state index in [1.807, 2.05) is 6.07 Å². The highest BCUT2D eigenvalue weighted by Crippen LogP contribution is 2.35. The summed E-state index contributed by atoms with van der Waals surface area (Å²) in [5, 5.41) is 7.03. The van der Waals surface area contributed by atoms with Crippen LogP contribution in [0.4, 0.5) is 5.82 Å². The van der Waals surface area contributed by atoms with Crippen LogP contribution in [0.5, 0.6) is 5.75 Å². The lowest BCUT2D eigenvalue weighted by atomic mass is 10.0. The van der Waals surface area contributed by atoms with E-state index in [1.54, 1.807) is 29.2 Å². The molecule has 0 spiro atoms. The first kappa shape index (κ1) is 22.4. The molecule has 2 heterocycles. The van der Waals surface area contributed by atoms with Crippen LogP contribution in [-0.2, 0) is 13.1 Å². The van der Waals surface area contributed by atoms with Gasteiger partial charge in [-0.3, -0.25) is 15.1 Å². The molecule has 0 atom stereocenters. The van der Waals surface area contributed by atoms with Crippen LogP contribution in [0, 0.1) is 5.41 Å². The molecule has 8 heteroatoms. The SMILES string of the molecule is CCCC.N=CN=C(N)c1cccc(N2Cc3c(CN)cc(OC4CC4)cc3C2=O)n1. The molecule has 1 aliphatic carbocycles. The normalized spacial score (nSPS) is 15.3. The van der Waals surface area contributed by atoms with Gasteiger partial charge >= 0.3 is 0 Å². The molecule has 1 saturated carbocycles. The molecule has 2 aliphatic rings. The summed E-state index contributed by atoms with van der Waals surface area (Å²) in [7, 11) is 0. The zero-order valence-corrected chi connectivity index (χ0v) is 18.1. The quantitative estimate of drug-likeness (QED) is 0.465. The minimum Gasteiger partial charge on any atom is -0.490 e. The first-order valence-electron chi connectivity index (χ1n) is 10.7. The van der Waals surface area contributed by atoms with E-state index in [0.29, 0.717) is 35.9 Å². The number of aromatic nitrogens is 1. The fourth-order valence-corrected chi connectivity index (χ4v) is 3.12. The van der Waals surface area contributed by atoms with Crippen LogP contribution in [0.1, 0.15) is 66.7 Å². The largest absolute Gasteiger partial charge is 0.490 e. The van der Waals surface area contributed by atoms with Gasteiger partial charge in [0.25, 0.3) is 5.91 Å². The number of rotatable bonds is 7. The third-order valence-corrected chi connectivity index (χ3v) is 5.13. The molecule has 5 N–H and O–H groups in total. The van der Waals surface area contributed by atoms with E-state index >= 15 is 0 Å². The number of nitrogens with two attached hydrogens (primary N) is 2. The molecule has 1 fully saturated rings. The van der Waals surface area contributed by atoms with E-state index in [9.17, 15) is 4.79 Å². The van der Waals surface area contributed by atoms with E-state index in [-0.39, 0.29) is 17.8 Å². The van der Waals surface area contributed by atoms with Crippen molar-refractivity contribution in [3.05, 3.63) is 52.7 Å². The van der Waals surface area contributed by atoms with Crippen LogP contribution in [0.3, 0.4) is 0 Å². The molecular formula is C23H30N6O2. The number of hydrogen-bond acceptors (Lipinski definition) is 5. The summed E-state index contributed by atoms with van der Waals surface area (Å²) in [5.41, 5.74) is 14.5. The second kappa shape index (κ2) is 10.2. The van der Waals surface area contributed by atoms with Gasteiger partial charge in [-0.15, -0.1) is 0 Å². The van der Waals surface area contributed by atoms with Crippen molar-refractivity contribution in [2.24, 2.45) is 16.5 Å². The van der Waals surface area contributed by atoms with E-state index in [0.717, 1.165) is 30.3 Å². The standard InChI is InChI=1S/C19H20N6O2.C4H10/c20-8-11-6-13(27-12-4-5-12)7-14-15(11)9-25(19(14)26)17-3-1-2-16(24-17)18(22)23-10-21;1-3-4-2/h1-3,6-7,10,12H,4-5,8-9,20H2,(H3,21,22,23);3-4H2,1-2H3. The number of amidine groups is 1. The van der Waals surface area contributed by atoms with Gasteiger partial charge in [0, 0.05) is 12.1 Å². The number of nitrogens with zero attached hydrogens (tertiary/aromatic N) is 3. The molecule has 2 aromatic rings. The lowest BCUT2D eigenvalue weighted by Crippen LogP contribution is -2.25. The monoisotopic (exact) mass is 422 g/mol. The van der Waals surface area contributed by atoms with Crippen LogP contribution in [0.25, 0.3) is 0 Å². The molecule has 0 radical (unpaired) electrons. The Kier molecular flexibility index (Phi) is 7.36. The summed E-state index contributed by atoms with van der Waals surface area (Å²) >= 11 is 0. The maximum Gasteiger partial charge on any atom is 0.260 e. The molecule has 0 unspecified atom stereocenters. The van der Waals surface area contributed by atoms with Crippen molar-refractivity contribution in [1.29, 1.82) is 5.41 Å². The number of amides is 1. The number of unbranched alkanes of at least 4 members (excludes halogenated alkanes) is 1. The van der Waals surface area contributed by atoms with Crippen molar-refractivity contribution < 1.29 is 9.53 Å². The highest BCUT2D eigenvalue weighted by atomic mass is 16.5. The molecule has 1 amide bonds. The average molecular weight is 423 g/mol. The highest BCUT2D eigenvalue weighted by molar-refractivity contribution is 6.10. The fourth-order valence-electron chi connectivity index (χ4n) is 3.12. The maximum absolute atomic E-state index is 13.0. The molecule has 0 bridgehead atoms. The molecule has 1 aliphatic heterocycles. The summed E-state index contributed by atoms with van der Waals surface area (Å²) in [6.07, 6.45) is 5.83. The number of carbonyl (C=O) groups is 1. The van der Waals surface area contributed by atoms with Crippen molar-refractivity contribution in [1.82, 2.24) is 4.98 Å². The Bertz CT molecular complexity index is 982. The number of hydrogen-bond donors (Lipinski definition) is 3. The Labute approximate surface area is 182 Å². The molecule has 0 saturated heterocycles. The lowest BCUT2D eigenvalue weighted by molar-refractivity contribution is 0.0995. The Morgan fingerprint density at radius 2 is 2.06 bits per heavy atom. The van der Waals surface area contributed by atoms with Gasteiger partial charge < -0.3 is 16.2 Å². The molecule has 31 heavy (non-hydrogen) atoms. The second-order valence-electron chi connectivity index (χ2n) is 7.55. The number of ether oxygens (including phenoxy) is 1. The summed E-state index contributed by atoms with van der Waals surface area (Å²) in [4.78, 5) is 22.8. The van der Waals surface area contributed by atoms with Gasteiger partial charge in [0.1, 0.15) is 23.6 Å². The molecule has 1 aromatic carbocycles. The first-order chi connectivity index (χ1) is 15.0. The topological polar surface area (TPSA) is 131 Å². The number of nitrogens with one attached hydrogen (secondary N) is 1. The molecular weight excluding hydrogens is 392 g/mol. The summed E-state index contributed by atoms with van der Waals surface area (Å²) in [6.45, 7) is 5.08. The number of aliphatic imine (C=N–C) groups is 1. The van der Waals surface area contributed by atoms with E-state index in [2.05, 4.69) is 23.8 Å². The summed E-state index contributed by atoms with van der Waals surface area (Å²) in [5.74, 6) is 1.15. The van der Waals surface area contributed by atoms with Crippen molar-refractivity contribution >= 4 is 23.9 Å². The maximum atomic E-state index is 13.0. The first-order valence-corrected chi connectivity index (χ1v) is 10.7. The Hall–Kier alpha value is -3.26. The predicted molar refractivity (Wildman–Crippen MR) is 123 cm³/mol. The van der Waals surface area contributed by atoms with Gasteiger partial charge in [-0.2, -0.15) is 0 Å². The zero-order valence-electron chi connectivity index (χ0n) is 18.1. The predicted octanol–water partition coefficient (Wildman–Crippen LogP) is 3.36. The summed E-state index contributed by atoms with van der Waals surface area (Å²) in [6, 6.07) is 8.91. The number of fused-ring (bicyclic) bond motifs is 1. The lowest BCUT2D eigenvalue weighted by Gasteiger charge is -2.15. The van der Waals surface area contributed by atoms with E-state index in [1.165, 1.54) is 12.8 Å². The smallest absolute Gasteiger partial charge is 0.260 e. The number of pyridine rings is 1. The van der Waals surface area contributed by atoms with Gasteiger partial charge in [-0.1, -0.05) is 32.8 Å². The molecule has 164 valence electrons. The van der Waals surface area contributed by atoms with Crippen molar-refractivity contribution in [2.75, 3.05) is 4.90 Å². The third-order valence-electron chi connectivity index (χ3n) is 5.13. The molecule has 8 nitrogen and oxygen atoms in total. The summed E-state index contributed by atoms with van der Waals surface area (Å²) < 4.78 is 5.86. The van der Waals surface area contributed by atoms with Gasteiger partial charge in [-0.05, 0) is 48.2 Å². The minimum absolute atomic E-state index is 0.124. The average Bonchev–Trinajstić information content (AvgIpc) is 3.55. The van der Waals surface area contributed by atoms with Crippen LogP contribution in [0.15, 0.2) is 35.3 Å². The zero-order chi connectivity index (χ0) is 22.4. The van der Waals surface area contributed by atoms with Crippen molar-refractivity contribution in [3.63, 3.8) is 0 Å². The Morgan fingerprint density at radius 3 is 2.68 bits per heavy atom. The van der Waals surface area contributed by atoms with Gasteiger partial charge in [0.15, 0.2) is 5.84 Å². The fraction of sp³-hybridized carbons (Fsp3) is 0.391. The highest BCUT2D eigenvalue weighted by Gasteiger charge is 2.33. The van der Waals surface area contributed by atoms with Crippen LogP contribution in [-0.4, -0.2) is 29.2 Å². The van der Waals surface area contributed by atoms with Crippen molar-refractivity contribution in [2.45, 2.75) is 58.7 Å². The number of anilines is 1. The number of benzene rings is 1. The van der Waals surface area contributed by atoms with Crippen LogP contribution in [0.2, 0.25) is 0 Å². The van der Waals surface area contributed by atoms with E-state index < -0.39 is 0 Å². The van der Waals surface area contributed by atoms with Crippen LogP contribution >= 0.6 is 0 Å². The van der Waals surface area contributed by atoms with Gasteiger partial charge in [0.05, 0.1) is 12.6 Å².